The van der Waals surface area contributed by atoms with Crippen molar-refractivity contribution in [2.75, 3.05) is 6.61 Å². The van der Waals surface area contributed by atoms with E-state index in [1.165, 1.54) is 6.92 Å². The van der Waals surface area contributed by atoms with Crippen molar-refractivity contribution < 1.29 is 14.3 Å². The molecule has 12 heavy (non-hydrogen) atoms. The number of esters is 1. The van der Waals surface area contributed by atoms with E-state index in [1.54, 1.807) is 6.08 Å². The molecule has 3 heteroatoms. The van der Waals surface area contributed by atoms with Crippen molar-refractivity contribution in [3.63, 3.8) is 0 Å². The van der Waals surface area contributed by atoms with E-state index in [0.717, 1.165) is 18.4 Å². The average Bonchev–Trinajstić information content (AvgIpc) is 2.36. The van der Waals surface area contributed by atoms with Crippen LogP contribution in [0.2, 0.25) is 0 Å². The Bertz CT molecular complexity index is 228. The lowest BCUT2D eigenvalue weighted by Gasteiger charge is -1.96. The molecule has 1 aliphatic rings. The van der Waals surface area contributed by atoms with Gasteiger partial charge in [0.2, 0.25) is 0 Å². The Balaban J connectivity index is 2.36. The van der Waals surface area contributed by atoms with E-state index in [9.17, 15) is 9.59 Å². The third kappa shape index (κ3) is 2.49. The van der Waals surface area contributed by atoms with Crippen LogP contribution in [-0.4, -0.2) is 18.4 Å². The molecule has 1 saturated carbocycles. The van der Waals surface area contributed by atoms with Gasteiger partial charge in [0, 0.05) is 13.3 Å². The first-order valence-electron chi connectivity index (χ1n) is 4.06. The molecule has 66 valence electrons. The first-order valence-corrected chi connectivity index (χ1v) is 4.06. The van der Waals surface area contributed by atoms with Crippen molar-refractivity contribution in [3.8, 4) is 0 Å². The molecule has 0 spiro atoms. The summed E-state index contributed by atoms with van der Waals surface area (Å²) in [6.07, 6.45) is 4.12. The molecule has 0 aromatic carbocycles. The van der Waals surface area contributed by atoms with E-state index in [-0.39, 0.29) is 18.4 Å². The molecule has 0 radical (unpaired) electrons. The van der Waals surface area contributed by atoms with Gasteiger partial charge in [0.25, 0.3) is 0 Å². The fourth-order valence-corrected chi connectivity index (χ4v) is 1.21. The summed E-state index contributed by atoms with van der Waals surface area (Å²) in [5.41, 5.74) is 0.816. The fraction of sp³-hybridized carbons (Fsp3) is 0.556. The highest BCUT2D eigenvalue weighted by atomic mass is 16.5. The molecule has 0 aromatic heterocycles. The van der Waals surface area contributed by atoms with Crippen LogP contribution in [0.25, 0.3) is 0 Å². The highest BCUT2D eigenvalue weighted by Gasteiger charge is 2.15. The van der Waals surface area contributed by atoms with Crippen molar-refractivity contribution in [1.29, 1.82) is 0 Å². The Morgan fingerprint density at radius 3 is 2.83 bits per heavy atom. The van der Waals surface area contributed by atoms with Crippen molar-refractivity contribution in [2.24, 2.45) is 0 Å². The summed E-state index contributed by atoms with van der Waals surface area (Å²) < 4.78 is 4.68. The maximum Gasteiger partial charge on any atom is 0.302 e. The van der Waals surface area contributed by atoms with E-state index < -0.39 is 0 Å². The first-order chi connectivity index (χ1) is 5.70. The van der Waals surface area contributed by atoms with Crippen LogP contribution in [0, 0.1) is 0 Å². The van der Waals surface area contributed by atoms with Crippen LogP contribution in [0.15, 0.2) is 11.6 Å². The molecule has 0 aliphatic heterocycles. The van der Waals surface area contributed by atoms with Crippen LogP contribution in [0.1, 0.15) is 26.2 Å². The molecule has 0 unspecified atom stereocenters. The lowest BCUT2D eigenvalue weighted by Crippen LogP contribution is -2.00. The van der Waals surface area contributed by atoms with Crippen LogP contribution < -0.4 is 0 Å². The minimum atomic E-state index is -0.308. The third-order valence-electron chi connectivity index (χ3n) is 1.82. The molecule has 0 bridgehead atoms. The smallest absolute Gasteiger partial charge is 0.302 e. The molecule has 1 rings (SSSR count). The van der Waals surface area contributed by atoms with Gasteiger partial charge < -0.3 is 4.74 Å². The molecule has 0 atom stereocenters. The van der Waals surface area contributed by atoms with Gasteiger partial charge in [-0.3, -0.25) is 9.59 Å². The van der Waals surface area contributed by atoms with Crippen LogP contribution in [-0.2, 0) is 14.3 Å². The lowest BCUT2D eigenvalue weighted by molar-refractivity contribution is -0.139. The zero-order chi connectivity index (χ0) is 8.97. The predicted octanol–water partition coefficient (Wildman–Crippen LogP) is 1.23. The highest BCUT2D eigenvalue weighted by Crippen LogP contribution is 2.19. The third-order valence-corrected chi connectivity index (χ3v) is 1.82. The Morgan fingerprint density at radius 2 is 2.33 bits per heavy atom. The minimum Gasteiger partial charge on any atom is -0.462 e. The monoisotopic (exact) mass is 168 g/mol. The van der Waals surface area contributed by atoms with Crippen molar-refractivity contribution >= 4 is 11.8 Å². The molecular weight excluding hydrogens is 156 g/mol. The van der Waals surface area contributed by atoms with Gasteiger partial charge in [-0.15, -0.1) is 0 Å². The highest BCUT2D eigenvalue weighted by molar-refractivity contribution is 5.97. The van der Waals surface area contributed by atoms with Gasteiger partial charge in [-0.1, -0.05) is 0 Å². The van der Waals surface area contributed by atoms with E-state index in [4.69, 9.17) is 0 Å². The van der Waals surface area contributed by atoms with Crippen LogP contribution in [0.4, 0.5) is 0 Å². The molecule has 0 aromatic rings. The molecule has 0 amide bonds. The van der Waals surface area contributed by atoms with Crippen molar-refractivity contribution in [1.82, 2.24) is 0 Å². The van der Waals surface area contributed by atoms with Gasteiger partial charge in [-0.25, -0.2) is 0 Å². The van der Waals surface area contributed by atoms with Crippen molar-refractivity contribution in [2.45, 2.75) is 26.2 Å². The van der Waals surface area contributed by atoms with Gasteiger partial charge in [0.1, 0.15) is 6.61 Å². The molecular formula is C9H12O3. The second kappa shape index (κ2) is 4.04. The number of rotatable bonds is 2. The number of hydrogen-bond acceptors (Lipinski definition) is 3. The van der Waals surface area contributed by atoms with Crippen LogP contribution >= 0.6 is 0 Å². The van der Waals surface area contributed by atoms with Gasteiger partial charge >= 0.3 is 5.97 Å². The molecule has 1 fully saturated rings. The Hall–Kier alpha value is -1.12. The zero-order valence-electron chi connectivity index (χ0n) is 7.13. The second-order valence-electron chi connectivity index (χ2n) is 2.81. The number of carbonyl (C=O) groups excluding carboxylic acids is 2. The molecule has 1 aliphatic carbocycles. The van der Waals surface area contributed by atoms with Crippen molar-refractivity contribution in [3.05, 3.63) is 11.6 Å². The number of ketones is 1. The van der Waals surface area contributed by atoms with Gasteiger partial charge in [-0.05, 0) is 24.5 Å². The number of ether oxygens (including phenoxy) is 1. The normalized spacial score (nSPS) is 20.1. The molecule has 0 saturated heterocycles. The minimum absolute atomic E-state index is 0.196. The second-order valence-corrected chi connectivity index (χ2v) is 2.81. The van der Waals surface area contributed by atoms with Gasteiger partial charge in [0.05, 0.1) is 0 Å². The summed E-state index contributed by atoms with van der Waals surface area (Å²) in [6, 6.07) is 0. The van der Waals surface area contributed by atoms with E-state index in [1.807, 2.05) is 0 Å². The first kappa shape index (κ1) is 8.97. The maximum absolute atomic E-state index is 11.0. The van der Waals surface area contributed by atoms with Crippen LogP contribution in [0.3, 0.4) is 0 Å². The summed E-state index contributed by atoms with van der Waals surface area (Å²) in [5.74, 6) is -0.112. The number of allylic oxidation sites excluding steroid dienone is 1. The Morgan fingerprint density at radius 1 is 1.58 bits per heavy atom. The number of carbonyl (C=O) groups is 2. The quantitative estimate of drug-likeness (QED) is 0.460. The standard InChI is InChI=1S/C9H12O3/c1-7(10)12-6-5-8-3-2-4-9(8)11/h5H,2-4,6H2,1H3/b8-5-. The summed E-state index contributed by atoms with van der Waals surface area (Å²) in [5, 5.41) is 0. The summed E-state index contributed by atoms with van der Waals surface area (Å²) in [6.45, 7) is 1.59. The molecule has 0 N–H and O–H groups in total. The van der Waals surface area contributed by atoms with Gasteiger partial charge in [-0.2, -0.15) is 0 Å². The Labute approximate surface area is 71.4 Å². The summed E-state index contributed by atoms with van der Waals surface area (Å²) in [7, 11) is 0. The van der Waals surface area contributed by atoms with E-state index in [2.05, 4.69) is 4.74 Å². The largest absolute Gasteiger partial charge is 0.462 e. The van der Waals surface area contributed by atoms with Crippen LogP contribution in [0.5, 0.6) is 0 Å². The fourth-order valence-electron chi connectivity index (χ4n) is 1.21. The average molecular weight is 168 g/mol. The Kier molecular flexibility index (Phi) is 3.02. The lowest BCUT2D eigenvalue weighted by atomic mass is 10.2. The number of Topliss-reactive ketones (excluding diaryl/α,β-unsaturated/α-hetero) is 1. The molecule has 3 nitrogen and oxygen atoms in total. The predicted molar refractivity (Wildman–Crippen MR) is 43.6 cm³/mol. The summed E-state index contributed by atoms with van der Waals surface area (Å²) >= 11 is 0. The topological polar surface area (TPSA) is 43.4 Å². The number of hydrogen-bond donors (Lipinski definition) is 0. The maximum atomic E-state index is 11.0. The van der Waals surface area contributed by atoms with Gasteiger partial charge in [0.15, 0.2) is 5.78 Å². The van der Waals surface area contributed by atoms with E-state index in [0.29, 0.717) is 6.42 Å². The van der Waals surface area contributed by atoms with E-state index >= 15 is 0 Å². The molecule has 0 heterocycles. The SMILES string of the molecule is CC(=O)OC/C=C1/CCCC1=O. The zero-order valence-corrected chi connectivity index (χ0v) is 7.13. The summed E-state index contributed by atoms with van der Waals surface area (Å²) in [4.78, 5) is 21.4.